The lowest BCUT2D eigenvalue weighted by Gasteiger charge is -2.50. The van der Waals surface area contributed by atoms with Gasteiger partial charge in [0.05, 0.1) is 21.3 Å². The Balaban J connectivity index is 1.76. The summed E-state index contributed by atoms with van der Waals surface area (Å²) in [7, 11) is 1.67. The number of hydrogen-bond donors (Lipinski definition) is 0. The fraction of sp³-hybridized carbons (Fsp3) is 0.318. The third-order valence-electron chi connectivity index (χ3n) is 5.78. The minimum absolute atomic E-state index is 0.162. The van der Waals surface area contributed by atoms with Crippen molar-refractivity contribution in [2.45, 2.75) is 32.0 Å². The van der Waals surface area contributed by atoms with Gasteiger partial charge >= 0.3 is 0 Å². The molecule has 3 amide bonds. The predicted molar refractivity (Wildman–Crippen MR) is 116 cm³/mol. The molecule has 0 unspecified atom stereocenters. The van der Waals surface area contributed by atoms with E-state index in [1.54, 1.807) is 49.5 Å². The van der Waals surface area contributed by atoms with Crippen LogP contribution in [0.1, 0.15) is 35.7 Å². The van der Waals surface area contributed by atoms with E-state index in [-0.39, 0.29) is 37.1 Å². The van der Waals surface area contributed by atoms with Crippen LogP contribution in [0.4, 0.5) is 5.69 Å². The van der Waals surface area contributed by atoms with Gasteiger partial charge in [0.1, 0.15) is 0 Å². The van der Waals surface area contributed by atoms with Crippen molar-refractivity contribution in [1.82, 2.24) is 9.80 Å². The molecule has 0 aromatic heterocycles. The van der Waals surface area contributed by atoms with Crippen LogP contribution in [0.5, 0.6) is 0 Å². The zero-order chi connectivity index (χ0) is 21.6. The Labute approximate surface area is 184 Å². The molecule has 0 bridgehead atoms. The molecule has 2 aliphatic heterocycles. The highest BCUT2D eigenvalue weighted by Crippen LogP contribution is 2.45. The number of nitrogens with zero attached hydrogens (tertiary/aromatic N) is 3. The molecule has 30 heavy (non-hydrogen) atoms. The maximum Gasteiger partial charge on any atom is 0.270 e. The topological polar surface area (TPSA) is 60.9 Å². The number of amides is 3. The van der Waals surface area contributed by atoms with Crippen LogP contribution < -0.4 is 4.90 Å². The van der Waals surface area contributed by atoms with Crippen LogP contribution in [0.2, 0.25) is 10.0 Å². The number of hydrogen-bond acceptors (Lipinski definition) is 3. The molecule has 2 aliphatic rings. The molecule has 156 valence electrons. The van der Waals surface area contributed by atoms with E-state index in [4.69, 9.17) is 23.2 Å². The summed E-state index contributed by atoms with van der Waals surface area (Å²) in [4.78, 5) is 44.5. The summed E-state index contributed by atoms with van der Waals surface area (Å²) < 4.78 is 0. The van der Waals surface area contributed by atoms with E-state index in [1.807, 2.05) is 6.92 Å². The molecule has 2 aromatic carbocycles. The second kappa shape index (κ2) is 7.60. The highest BCUT2D eigenvalue weighted by atomic mass is 35.5. The average molecular weight is 446 g/mol. The number of rotatable bonds is 4. The third-order valence-corrected chi connectivity index (χ3v) is 6.52. The molecule has 2 heterocycles. The number of halogens is 2. The summed E-state index contributed by atoms with van der Waals surface area (Å²) in [5.41, 5.74) is 0.372. The predicted octanol–water partition coefficient (Wildman–Crippen LogP) is 3.95. The summed E-state index contributed by atoms with van der Waals surface area (Å²) in [6, 6.07) is 12.1. The Hall–Kier alpha value is -2.57. The van der Waals surface area contributed by atoms with Crippen LogP contribution in [0, 0.1) is 0 Å². The van der Waals surface area contributed by atoms with Crippen molar-refractivity contribution < 1.29 is 14.4 Å². The van der Waals surface area contributed by atoms with Crippen molar-refractivity contribution in [2.24, 2.45) is 0 Å². The number of anilines is 1. The van der Waals surface area contributed by atoms with Crippen LogP contribution in [-0.4, -0.2) is 46.8 Å². The fourth-order valence-corrected chi connectivity index (χ4v) is 4.80. The van der Waals surface area contributed by atoms with Gasteiger partial charge in [0, 0.05) is 33.0 Å². The van der Waals surface area contributed by atoms with E-state index < -0.39 is 5.66 Å². The molecular weight excluding hydrogens is 425 g/mol. The van der Waals surface area contributed by atoms with Gasteiger partial charge in [0.2, 0.25) is 11.6 Å². The molecule has 1 atom stereocenters. The maximum absolute atomic E-state index is 13.8. The molecule has 0 aliphatic carbocycles. The van der Waals surface area contributed by atoms with Crippen molar-refractivity contribution in [3.8, 4) is 0 Å². The first kappa shape index (κ1) is 20.7. The zero-order valence-electron chi connectivity index (χ0n) is 16.7. The summed E-state index contributed by atoms with van der Waals surface area (Å²) >= 11 is 12.1. The molecule has 4 rings (SSSR count). The van der Waals surface area contributed by atoms with E-state index in [1.165, 1.54) is 14.7 Å². The number of likely N-dealkylation sites (N-methyl/N-ethyl adjacent to an activating group) is 2. The number of carbonyl (C=O) groups excluding carboxylic acids is 3. The minimum Gasteiger partial charge on any atom is -0.338 e. The van der Waals surface area contributed by atoms with Gasteiger partial charge in [-0.2, -0.15) is 0 Å². The molecule has 0 radical (unpaired) electrons. The first-order chi connectivity index (χ1) is 14.3. The number of para-hydroxylation sites is 1. The van der Waals surface area contributed by atoms with Crippen molar-refractivity contribution in [3.05, 3.63) is 63.6 Å². The van der Waals surface area contributed by atoms with Gasteiger partial charge < -0.3 is 9.80 Å². The maximum atomic E-state index is 13.8. The second-order valence-corrected chi connectivity index (χ2v) is 8.34. The Morgan fingerprint density at radius 3 is 2.57 bits per heavy atom. The van der Waals surface area contributed by atoms with Gasteiger partial charge in [-0.1, -0.05) is 41.4 Å². The quantitative estimate of drug-likeness (QED) is 0.715. The normalized spacial score (nSPS) is 20.3. The third kappa shape index (κ3) is 2.97. The Morgan fingerprint density at radius 2 is 1.87 bits per heavy atom. The molecule has 1 saturated heterocycles. The molecule has 8 heteroatoms. The summed E-state index contributed by atoms with van der Waals surface area (Å²) in [6.45, 7) is 2.40. The van der Waals surface area contributed by atoms with Crippen molar-refractivity contribution >= 4 is 46.6 Å². The van der Waals surface area contributed by atoms with Crippen LogP contribution in [0.15, 0.2) is 42.5 Å². The first-order valence-electron chi connectivity index (χ1n) is 9.74. The van der Waals surface area contributed by atoms with Gasteiger partial charge in [-0.3, -0.25) is 19.3 Å². The van der Waals surface area contributed by atoms with Gasteiger partial charge in [0.25, 0.3) is 11.8 Å². The van der Waals surface area contributed by atoms with Crippen molar-refractivity contribution in [2.75, 3.05) is 18.5 Å². The molecule has 0 spiro atoms. The smallest absolute Gasteiger partial charge is 0.270 e. The first-order valence-corrected chi connectivity index (χ1v) is 10.5. The molecule has 1 fully saturated rings. The minimum atomic E-state index is -1.36. The van der Waals surface area contributed by atoms with Crippen LogP contribution >= 0.6 is 23.2 Å². The van der Waals surface area contributed by atoms with Gasteiger partial charge in [0.15, 0.2) is 0 Å². The monoisotopic (exact) mass is 445 g/mol. The Kier molecular flexibility index (Phi) is 5.24. The highest BCUT2D eigenvalue weighted by Gasteiger charge is 2.61. The van der Waals surface area contributed by atoms with E-state index in [0.29, 0.717) is 27.8 Å². The molecule has 0 saturated carbocycles. The largest absolute Gasteiger partial charge is 0.338 e. The van der Waals surface area contributed by atoms with Crippen molar-refractivity contribution in [1.29, 1.82) is 0 Å². The molecule has 2 aromatic rings. The second-order valence-electron chi connectivity index (χ2n) is 7.52. The van der Waals surface area contributed by atoms with Gasteiger partial charge in [-0.05, 0) is 36.8 Å². The number of benzene rings is 2. The lowest BCUT2D eigenvalue weighted by Crippen LogP contribution is -2.70. The Morgan fingerprint density at radius 1 is 1.13 bits per heavy atom. The van der Waals surface area contributed by atoms with Crippen LogP contribution in [0.25, 0.3) is 0 Å². The van der Waals surface area contributed by atoms with E-state index >= 15 is 0 Å². The van der Waals surface area contributed by atoms with E-state index in [0.717, 1.165) is 5.56 Å². The van der Waals surface area contributed by atoms with E-state index in [9.17, 15) is 14.4 Å². The van der Waals surface area contributed by atoms with E-state index in [2.05, 4.69) is 0 Å². The molecule has 0 N–H and O–H groups in total. The summed E-state index contributed by atoms with van der Waals surface area (Å²) in [5, 5.41) is 0.843. The summed E-state index contributed by atoms with van der Waals surface area (Å²) in [5.74, 6) is -0.704. The molecule has 6 nitrogen and oxygen atoms in total. The van der Waals surface area contributed by atoms with Gasteiger partial charge in [-0.15, -0.1) is 0 Å². The number of fused-ring (bicyclic) bond motifs is 3. The van der Waals surface area contributed by atoms with Crippen LogP contribution in [0.3, 0.4) is 0 Å². The Bertz CT molecular complexity index is 1060. The highest BCUT2D eigenvalue weighted by molar-refractivity contribution is 6.42. The fourth-order valence-electron chi connectivity index (χ4n) is 4.48. The standard InChI is InChI=1S/C22H21Cl2N3O3/c1-3-26-20(29)15-6-4-5-7-18(15)27-19(28)10-11-22(26,27)21(30)25(2)13-14-8-9-16(23)17(24)12-14/h4-9,12H,3,10-11,13H2,1-2H3/t22-/m1/s1. The number of carbonyl (C=O) groups is 3. The SMILES string of the molecule is CCN1C(=O)c2ccccc2N2C(=O)CC[C@@]12C(=O)N(C)Cc1ccc(Cl)c(Cl)c1. The van der Waals surface area contributed by atoms with Crippen molar-refractivity contribution in [3.63, 3.8) is 0 Å². The lowest BCUT2D eigenvalue weighted by molar-refractivity contribution is -0.143. The summed E-state index contributed by atoms with van der Waals surface area (Å²) in [6.07, 6.45) is 0.453. The zero-order valence-corrected chi connectivity index (χ0v) is 18.2. The molecular formula is C22H21Cl2N3O3. The van der Waals surface area contributed by atoms with Crippen LogP contribution in [-0.2, 0) is 16.1 Å². The van der Waals surface area contributed by atoms with Gasteiger partial charge in [-0.25, -0.2) is 0 Å². The average Bonchev–Trinajstić information content (AvgIpc) is 3.08. The lowest BCUT2D eigenvalue weighted by atomic mass is 9.95.